The van der Waals surface area contributed by atoms with Gasteiger partial charge >= 0.3 is 5.97 Å². The largest absolute Gasteiger partial charge is 0.480 e. The molecule has 0 saturated carbocycles. The Bertz CT molecular complexity index is 1010. The minimum Gasteiger partial charge on any atom is -0.480 e. The molecule has 2 aromatic carbocycles. The van der Waals surface area contributed by atoms with Gasteiger partial charge in [0, 0.05) is 0 Å². The molecule has 2 aromatic rings. The summed E-state index contributed by atoms with van der Waals surface area (Å²) >= 11 is 0. The van der Waals surface area contributed by atoms with Crippen molar-refractivity contribution in [2.75, 3.05) is 12.4 Å². The molecular weight excluding hydrogens is 416 g/mol. The van der Waals surface area contributed by atoms with Crippen molar-refractivity contribution >= 4 is 26.4 Å². The van der Waals surface area contributed by atoms with Crippen molar-refractivity contribution in [3.8, 4) is 5.75 Å². The van der Waals surface area contributed by atoms with Crippen molar-refractivity contribution in [1.82, 2.24) is 0 Å². The topological polar surface area (TPSA) is 110 Å². The van der Waals surface area contributed by atoms with Crippen LogP contribution in [0.5, 0.6) is 5.75 Å². The summed E-state index contributed by atoms with van der Waals surface area (Å²) in [6.07, 6.45) is 0. The molecule has 0 radical (unpaired) electrons. The van der Waals surface area contributed by atoms with Crippen LogP contribution in [-0.2, 0) is 19.4 Å². The second kappa shape index (κ2) is 7.64. The second-order valence-electron chi connectivity index (χ2n) is 7.73. The van der Waals surface area contributed by atoms with Crippen molar-refractivity contribution in [2.24, 2.45) is 0 Å². The van der Waals surface area contributed by atoms with Crippen LogP contribution in [-0.4, -0.2) is 41.5 Å². The van der Waals surface area contributed by atoms with E-state index in [1.807, 2.05) is 0 Å². The van der Waals surface area contributed by atoms with E-state index in [1.165, 1.54) is 18.2 Å². The number of sulfone groups is 1. The highest BCUT2D eigenvalue weighted by Crippen LogP contribution is 2.64. The number of benzene rings is 2. The van der Waals surface area contributed by atoms with Gasteiger partial charge < -0.3 is 9.47 Å². The molecule has 1 atom stereocenters. The van der Waals surface area contributed by atoms with Gasteiger partial charge in [-0.25, -0.2) is 13.2 Å². The third-order valence-electron chi connectivity index (χ3n) is 4.28. The molecule has 1 aliphatic rings. The van der Waals surface area contributed by atoms with Gasteiger partial charge in [-0.05, 0) is 44.5 Å². The third kappa shape index (κ3) is 4.58. The van der Waals surface area contributed by atoms with Crippen LogP contribution in [0.15, 0.2) is 58.3 Å². The van der Waals surface area contributed by atoms with E-state index in [0.717, 1.165) is 0 Å². The predicted molar refractivity (Wildman–Crippen MR) is 110 cm³/mol. The zero-order valence-corrected chi connectivity index (χ0v) is 18.0. The van der Waals surface area contributed by atoms with Gasteiger partial charge in [-0.15, -0.1) is 0 Å². The van der Waals surface area contributed by atoms with Crippen molar-refractivity contribution in [3.63, 3.8) is 0 Å². The molecule has 0 spiro atoms. The van der Waals surface area contributed by atoms with Crippen LogP contribution < -0.4 is 4.74 Å². The van der Waals surface area contributed by atoms with Gasteiger partial charge in [0.25, 0.3) is 0 Å². The zero-order chi connectivity index (χ0) is 21.4. The van der Waals surface area contributed by atoms with Crippen molar-refractivity contribution in [2.45, 2.75) is 41.4 Å². The first kappa shape index (κ1) is 21.6. The van der Waals surface area contributed by atoms with Crippen LogP contribution >= 0.6 is 10.6 Å². The van der Waals surface area contributed by atoms with Crippen molar-refractivity contribution < 1.29 is 31.8 Å². The number of carbonyl (C=O) groups is 1. The number of rotatable bonds is 5. The molecule has 9 heteroatoms. The molecule has 0 bridgehead atoms. The van der Waals surface area contributed by atoms with Gasteiger partial charge in [-0.3, -0.25) is 9.11 Å². The minimum atomic E-state index is -3.84. The van der Waals surface area contributed by atoms with E-state index in [2.05, 4.69) is 0 Å². The van der Waals surface area contributed by atoms with E-state index >= 15 is 0 Å². The molecule has 1 unspecified atom stereocenters. The third-order valence-corrected chi connectivity index (χ3v) is 8.48. The molecule has 0 amide bonds. The number of esters is 1. The lowest BCUT2D eigenvalue weighted by atomic mass is 10.1. The highest BCUT2D eigenvalue weighted by molar-refractivity contribution is 8.25. The fraction of sp³-hybridized carbons (Fsp3) is 0.350. The van der Waals surface area contributed by atoms with Crippen LogP contribution in [0.1, 0.15) is 31.6 Å². The molecule has 158 valence electrons. The molecule has 0 aromatic heterocycles. The van der Waals surface area contributed by atoms with Gasteiger partial charge in [-0.1, -0.05) is 30.3 Å². The van der Waals surface area contributed by atoms with E-state index in [-0.39, 0.29) is 26.9 Å². The highest BCUT2D eigenvalue weighted by Gasteiger charge is 2.45. The number of hydrogen-bond acceptors (Lipinski definition) is 7. The Hall–Kier alpha value is -2.07. The lowest BCUT2D eigenvalue weighted by Gasteiger charge is -2.29. The number of ether oxygens (including phenoxy) is 2. The zero-order valence-electron chi connectivity index (χ0n) is 16.4. The fourth-order valence-corrected chi connectivity index (χ4v) is 7.73. The molecular formula is C20H24O7S2. The standard InChI is InChI=1S/C20H24O7S2/c1-20(2,3)27-18(21)12-26-16-11-7-10-15-17(13-28(22,23)19(15)16)29(24,25)14-8-5-4-6-9-14/h4-11,17,22-23H,12-13H2,1-3H3. The molecule has 3 rings (SSSR count). The maximum Gasteiger partial charge on any atom is 0.344 e. The lowest BCUT2D eigenvalue weighted by Crippen LogP contribution is -2.27. The Morgan fingerprint density at radius 2 is 1.76 bits per heavy atom. The molecule has 0 saturated heterocycles. The summed E-state index contributed by atoms with van der Waals surface area (Å²) in [4.78, 5) is 12.1. The molecule has 2 N–H and O–H groups in total. The van der Waals surface area contributed by atoms with E-state index in [4.69, 9.17) is 9.47 Å². The van der Waals surface area contributed by atoms with Crippen molar-refractivity contribution in [1.29, 1.82) is 0 Å². The van der Waals surface area contributed by atoms with Crippen molar-refractivity contribution in [3.05, 3.63) is 54.1 Å². The summed E-state index contributed by atoms with van der Waals surface area (Å²) in [5, 5.41) is -1.12. The Balaban J connectivity index is 1.93. The smallest absolute Gasteiger partial charge is 0.344 e. The van der Waals surface area contributed by atoms with Gasteiger partial charge in [0.1, 0.15) is 21.5 Å². The van der Waals surface area contributed by atoms with Gasteiger partial charge in [0.05, 0.1) is 10.6 Å². The summed E-state index contributed by atoms with van der Waals surface area (Å²) in [5.74, 6) is -0.899. The Kier molecular flexibility index (Phi) is 5.70. The predicted octanol–water partition coefficient (Wildman–Crippen LogP) is 4.05. The van der Waals surface area contributed by atoms with Gasteiger partial charge in [0.15, 0.2) is 16.4 Å². The summed E-state index contributed by atoms with van der Waals surface area (Å²) in [6.45, 7) is 4.74. The van der Waals surface area contributed by atoms with E-state index in [1.54, 1.807) is 51.1 Å². The molecule has 0 aliphatic carbocycles. The molecule has 29 heavy (non-hydrogen) atoms. The molecule has 7 nitrogen and oxygen atoms in total. The highest BCUT2D eigenvalue weighted by atomic mass is 32.3. The first-order chi connectivity index (χ1) is 13.4. The monoisotopic (exact) mass is 440 g/mol. The number of hydrogen-bond donors (Lipinski definition) is 2. The summed E-state index contributed by atoms with van der Waals surface area (Å²) in [6, 6.07) is 12.5. The Morgan fingerprint density at radius 1 is 1.10 bits per heavy atom. The first-order valence-corrected chi connectivity index (χ1v) is 12.2. The fourth-order valence-electron chi connectivity index (χ4n) is 3.17. The SMILES string of the molecule is CC(C)(C)OC(=O)COc1cccc2c1S(O)(O)CC2S(=O)(=O)c1ccccc1. The van der Waals surface area contributed by atoms with Crippen LogP contribution in [0.2, 0.25) is 0 Å². The summed E-state index contributed by atoms with van der Waals surface area (Å²) in [7, 11) is -7.26. The maximum atomic E-state index is 13.1. The maximum absolute atomic E-state index is 13.1. The Labute approximate surface area is 171 Å². The van der Waals surface area contributed by atoms with Gasteiger partial charge in [0.2, 0.25) is 0 Å². The lowest BCUT2D eigenvalue weighted by molar-refractivity contribution is -0.157. The quantitative estimate of drug-likeness (QED) is 0.675. The summed E-state index contributed by atoms with van der Waals surface area (Å²) in [5.41, 5.74) is -0.410. The van der Waals surface area contributed by atoms with E-state index in [0.29, 0.717) is 0 Å². The average Bonchev–Trinajstić information content (AvgIpc) is 2.92. The summed E-state index contributed by atoms with van der Waals surface area (Å²) < 4.78 is 58.1. The Morgan fingerprint density at radius 3 is 2.38 bits per heavy atom. The van der Waals surface area contributed by atoms with E-state index < -0.39 is 43.9 Å². The average molecular weight is 441 g/mol. The molecule has 1 heterocycles. The van der Waals surface area contributed by atoms with Crippen LogP contribution in [0.4, 0.5) is 0 Å². The molecule has 0 fully saturated rings. The second-order valence-corrected chi connectivity index (χ2v) is 11.9. The number of carbonyl (C=O) groups excluding carboxylic acids is 1. The van der Waals surface area contributed by atoms with Crippen LogP contribution in [0.3, 0.4) is 0 Å². The number of fused-ring (bicyclic) bond motifs is 1. The minimum absolute atomic E-state index is 0.0352. The van der Waals surface area contributed by atoms with E-state index in [9.17, 15) is 22.3 Å². The van der Waals surface area contributed by atoms with Gasteiger partial charge in [-0.2, -0.15) is 10.6 Å². The normalized spacial score (nSPS) is 19.3. The van der Waals surface area contributed by atoms with Crippen LogP contribution in [0, 0.1) is 0 Å². The van der Waals surface area contributed by atoms with Crippen LogP contribution in [0.25, 0.3) is 0 Å². The molecule has 1 aliphatic heterocycles. The first-order valence-electron chi connectivity index (χ1n) is 8.94.